The van der Waals surface area contributed by atoms with Gasteiger partial charge in [-0.25, -0.2) is 9.78 Å². The number of nitrogens with zero attached hydrogens (tertiary/aromatic N) is 2. The van der Waals surface area contributed by atoms with E-state index in [0.717, 1.165) is 28.2 Å². The van der Waals surface area contributed by atoms with Crippen molar-refractivity contribution in [2.24, 2.45) is 13.0 Å². The number of carbonyl (C=O) groups excluding carboxylic acids is 1. The van der Waals surface area contributed by atoms with Crippen LogP contribution in [-0.2, 0) is 13.6 Å². The molecule has 6 nitrogen and oxygen atoms in total. The molecule has 3 rings (SSSR count). The standard InChI is InChI=1S/C21H26N4O2/c1-14(2)20(15-9-11-16(27-4)12-10-15)24-21(26)22-13-19-23-17-7-5-6-8-18(17)25(19)3/h5-12,14,20H,13H2,1-4H3,(H2,22,24,26). The Balaban J connectivity index is 1.66. The number of aromatic nitrogens is 2. The summed E-state index contributed by atoms with van der Waals surface area (Å²) in [5.74, 6) is 1.87. The van der Waals surface area contributed by atoms with E-state index in [0.29, 0.717) is 6.54 Å². The van der Waals surface area contributed by atoms with Crippen molar-refractivity contribution >= 4 is 17.1 Å². The van der Waals surface area contributed by atoms with Crippen LogP contribution in [0.15, 0.2) is 48.5 Å². The van der Waals surface area contributed by atoms with Crippen LogP contribution in [0.25, 0.3) is 11.0 Å². The summed E-state index contributed by atoms with van der Waals surface area (Å²) in [5.41, 5.74) is 3.02. The lowest BCUT2D eigenvalue weighted by Crippen LogP contribution is -2.39. The Hall–Kier alpha value is -3.02. The number of methoxy groups -OCH3 is 1. The van der Waals surface area contributed by atoms with E-state index in [4.69, 9.17) is 4.74 Å². The average Bonchev–Trinajstić information content (AvgIpc) is 3.00. The summed E-state index contributed by atoms with van der Waals surface area (Å²) in [6.07, 6.45) is 0. The van der Waals surface area contributed by atoms with E-state index >= 15 is 0 Å². The molecule has 2 aromatic carbocycles. The summed E-state index contributed by atoms with van der Waals surface area (Å²) in [5, 5.41) is 5.99. The highest BCUT2D eigenvalue weighted by molar-refractivity contribution is 5.76. The molecule has 0 radical (unpaired) electrons. The fourth-order valence-electron chi connectivity index (χ4n) is 3.15. The first-order valence-electron chi connectivity index (χ1n) is 9.08. The van der Waals surface area contributed by atoms with E-state index in [1.165, 1.54) is 0 Å². The normalized spacial score (nSPS) is 12.2. The van der Waals surface area contributed by atoms with Crippen molar-refractivity contribution in [3.05, 3.63) is 59.9 Å². The first-order chi connectivity index (χ1) is 13.0. The largest absolute Gasteiger partial charge is 0.497 e. The number of amides is 2. The van der Waals surface area contributed by atoms with Crippen molar-refractivity contribution in [1.82, 2.24) is 20.2 Å². The Kier molecular flexibility index (Phi) is 5.64. The molecule has 6 heteroatoms. The number of benzene rings is 2. The van der Waals surface area contributed by atoms with Gasteiger partial charge in [0.15, 0.2) is 0 Å². The SMILES string of the molecule is COc1ccc(C(NC(=O)NCc2nc3ccccc3n2C)C(C)C)cc1. The maximum absolute atomic E-state index is 12.5. The molecule has 0 aliphatic rings. The molecule has 142 valence electrons. The van der Waals surface area contributed by atoms with Crippen molar-refractivity contribution in [3.8, 4) is 5.75 Å². The maximum Gasteiger partial charge on any atom is 0.315 e. The molecule has 0 aliphatic heterocycles. The third-order valence-electron chi connectivity index (χ3n) is 4.72. The summed E-state index contributed by atoms with van der Waals surface area (Å²) in [6, 6.07) is 15.4. The summed E-state index contributed by atoms with van der Waals surface area (Å²) < 4.78 is 7.20. The van der Waals surface area contributed by atoms with Crippen LogP contribution >= 0.6 is 0 Å². The zero-order valence-electron chi connectivity index (χ0n) is 16.2. The molecule has 0 spiro atoms. The van der Waals surface area contributed by atoms with Gasteiger partial charge in [0.05, 0.1) is 30.7 Å². The van der Waals surface area contributed by atoms with E-state index in [-0.39, 0.29) is 18.0 Å². The molecular weight excluding hydrogens is 340 g/mol. The molecule has 1 aromatic heterocycles. The molecule has 0 saturated carbocycles. The van der Waals surface area contributed by atoms with Crippen LogP contribution in [-0.4, -0.2) is 22.7 Å². The van der Waals surface area contributed by atoms with Crippen LogP contribution in [0, 0.1) is 5.92 Å². The van der Waals surface area contributed by atoms with E-state index in [1.807, 2.05) is 60.1 Å². The summed E-state index contributed by atoms with van der Waals surface area (Å²) in [7, 11) is 3.60. The molecule has 3 aromatic rings. The second-order valence-corrected chi connectivity index (χ2v) is 6.90. The molecule has 27 heavy (non-hydrogen) atoms. The van der Waals surface area contributed by atoms with Gasteiger partial charge in [-0.2, -0.15) is 0 Å². The van der Waals surface area contributed by atoms with Crippen molar-refractivity contribution in [1.29, 1.82) is 0 Å². The van der Waals surface area contributed by atoms with Crippen LogP contribution in [0.4, 0.5) is 4.79 Å². The summed E-state index contributed by atoms with van der Waals surface area (Å²) in [4.78, 5) is 17.1. The minimum Gasteiger partial charge on any atom is -0.497 e. The van der Waals surface area contributed by atoms with Crippen molar-refractivity contribution in [2.75, 3.05) is 7.11 Å². The van der Waals surface area contributed by atoms with Crippen LogP contribution in [0.1, 0.15) is 31.3 Å². The van der Waals surface area contributed by atoms with Gasteiger partial charge in [0.1, 0.15) is 11.6 Å². The smallest absolute Gasteiger partial charge is 0.315 e. The predicted molar refractivity (Wildman–Crippen MR) is 107 cm³/mol. The number of hydrogen-bond donors (Lipinski definition) is 2. The van der Waals surface area contributed by atoms with E-state index in [1.54, 1.807) is 7.11 Å². The molecule has 0 bridgehead atoms. The Morgan fingerprint density at radius 1 is 1.15 bits per heavy atom. The number of hydrogen-bond acceptors (Lipinski definition) is 3. The average molecular weight is 366 g/mol. The maximum atomic E-state index is 12.5. The highest BCUT2D eigenvalue weighted by atomic mass is 16.5. The lowest BCUT2D eigenvalue weighted by Gasteiger charge is -2.23. The molecule has 1 unspecified atom stereocenters. The van der Waals surface area contributed by atoms with Gasteiger partial charge in [0.25, 0.3) is 0 Å². The van der Waals surface area contributed by atoms with Crippen LogP contribution in [0.5, 0.6) is 5.75 Å². The van der Waals surface area contributed by atoms with Crippen molar-refractivity contribution in [2.45, 2.75) is 26.4 Å². The van der Waals surface area contributed by atoms with Crippen LogP contribution < -0.4 is 15.4 Å². The Labute approximate surface area is 159 Å². The predicted octanol–water partition coefficient (Wildman–Crippen LogP) is 3.78. The third-order valence-corrected chi connectivity index (χ3v) is 4.72. The van der Waals surface area contributed by atoms with Crippen LogP contribution in [0.3, 0.4) is 0 Å². The van der Waals surface area contributed by atoms with Gasteiger partial charge in [-0.1, -0.05) is 38.1 Å². The zero-order chi connectivity index (χ0) is 19.4. The van der Waals surface area contributed by atoms with Gasteiger partial charge < -0.3 is 19.9 Å². The Morgan fingerprint density at radius 2 is 1.85 bits per heavy atom. The summed E-state index contributed by atoms with van der Waals surface area (Å²) >= 11 is 0. The number of rotatable bonds is 6. The second-order valence-electron chi connectivity index (χ2n) is 6.90. The monoisotopic (exact) mass is 366 g/mol. The van der Waals surface area contributed by atoms with Gasteiger partial charge in [-0.05, 0) is 35.7 Å². The Morgan fingerprint density at radius 3 is 2.48 bits per heavy atom. The third kappa shape index (κ3) is 4.22. The van der Waals surface area contributed by atoms with Gasteiger partial charge in [0.2, 0.25) is 0 Å². The van der Waals surface area contributed by atoms with Crippen LogP contribution in [0.2, 0.25) is 0 Å². The van der Waals surface area contributed by atoms with E-state index in [2.05, 4.69) is 29.5 Å². The topological polar surface area (TPSA) is 68.2 Å². The van der Waals surface area contributed by atoms with Gasteiger partial charge in [0, 0.05) is 7.05 Å². The van der Waals surface area contributed by atoms with Gasteiger partial charge >= 0.3 is 6.03 Å². The van der Waals surface area contributed by atoms with Crippen molar-refractivity contribution < 1.29 is 9.53 Å². The number of urea groups is 1. The number of para-hydroxylation sites is 2. The first kappa shape index (κ1) is 18.8. The van der Waals surface area contributed by atoms with Crippen molar-refractivity contribution in [3.63, 3.8) is 0 Å². The van der Waals surface area contributed by atoms with Gasteiger partial charge in [-0.15, -0.1) is 0 Å². The molecule has 2 amide bonds. The fraction of sp³-hybridized carbons (Fsp3) is 0.333. The number of carbonyl (C=O) groups is 1. The summed E-state index contributed by atoms with van der Waals surface area (Å²) in [6.45, 7) is 4.53. The highest BCUT2D eigenvalue weighted by Gasteiger charge is 2.18. The molecule has 1 atom stereocenters. The number of imidazole rings is 1. The fourth-order valence-corrected chi connectivity index (χ4v) is 3.15. The van der Waals surface area contributed by atoms with Gasteiger partial charge in [-0.3, -0.25) is 0 Å². The lowest BCUT2D eigenvalue weighted by molar-refractivity contribution is 0.232. The van der Waals surface area contributed by atoms with E-state index in [9.17, 15) is 4.79 Å². The Bertz CT molecular complexity index is 916. The molecule has 2 N–H and O–H groups in total. The number of fused-ring (bicyclic) bond motifs is 1. The number of ether oxygens (including phenoxy) is 1. The molecule has 0 saturated heterocycles. The molecule has 0 aliphatic carbocycles. The first-order valence-corrected chi connectivity index (χ1v) is 9.08. The number of nitrogens with one attached hydrogen (secondary N) is 2. The molecule has 0 fully saturated rings. The molecule has 1 heterocycles. The quantitative estimate of drug-likeness (QED) is 0.698. The highest BCUT2D eigenvalue weighted by Crippen LogP contribution is 2.23. The second kappa shape index (κ2) is 8.12. The minimum atomic E-state index is -0.212. The zero-order valence-corrected chi connectivity index (χ0v) is 16.2. The number of aryl methyl sites for hydroxylation is 1. The van der Waals surface area contributed by atoms with E-state index < -0.39 is 0 Å². The molecular formula is C21H26N4O2. The minimum absolute atomic E-state index is 0.0867. The lowest BCUT2D eigenvalue weighted by atomic mass is 9.96.